The van der Waals surface area contributed by atoms with Gasteiger partial charge < -0.3 is 4.42 Å². The lowest BCUT2D eigenvalue weighted by Gasteiger charge is -2.32. The molecule has 3 aromatic rings. The van der Waals surface area contributed by atoms with Crippen LogP contribution in [0.15, 0.2) is 62.3 Å². The van der Waals surface area contributed by atoms with Crippen LogP contribution in [-0.2, 0) is 10.0 Å². The Morgan fingerprint density at radius 1 is 1.12 bits per heavy atom. The molecular weight excluding hydrogens is 508 g/mol. The molecule has 1 aromatic heterocycles. The van der Waals surface area contributed by atoms with Crippen molar-refractivity contribution >= 4 is 37.9 Å². The van der Waals surface area contributed by atoms with Gasteiger partial charge in [0, 0.05) is 28.2 Å². The summed E-state index contributed by atoms with van der Waals surface area (Å²) < 4.78 is 34.4. The molecule has 0 atom stereocenters. The van der Waals surface area contributed by atoms with Gasteiger partial charge in [-0.25, -0.2) is 8.42 Å². The van der Waals surface area contributed by atoms with Crippen molar-refractivity contribution < 1.29 is 17.6 Å². The number of hydrogen-bond acceptors (Lipinski definition) is 6. The first-order valence-corrected chi connectivity index (χ1v) is 13.1. The van der Waals surface area contributed by atoms with E-state index in [2.05, 4.69) is 31.4 Å². The smallest absolute Gasteiger partial charge is 0.322 e. The highest BCUT2D eigenvalue weighted by Gasteiger charge is 2.31. The zero-order chi connectivity index (χ0) is 23.4. The molecule has 1 saturated carbocycles. The largest absolute Gasteiger partial charge is 0.403 e. The van der Waals surface area contributed by atoms with E-state index in [0.717, 1.165) is 36.6 Å². The standard InChI is InChI=1S/C23H25BrN4O4S/c1-2-28(19-9-4-3-5-10-19)33(30,31)20-13-11-16(12-14-20)21(29)25-23-27-26-22(32-23)17-7-6-8-18(24)15-17/h6-8,11-15,19H,2-5,9-10H2,1H3,(H,25,27,29). The number of carbonyl (C=O) groups excluding carboxylic acids is 1. The maximum Gasteiger partial charge on any atom is 0.322 e. The molecule has 1 N–H and O–H groups in total. The van der Waals surface area contributed by atoms with Gasteiger partial charge >= 0.3 is 6.01 Å². The molecule has 10 heteroatoms. The lowest BCUT2D eigenvalue weighted by Crippen LogP contribution is -2.41. The maximum absolute atomic E-state index is 13.2. The second kappa shape index (κ2) is 10.1. The van der Waals surface area contributed by atoms with Gasteiger partial charge in [0.1, 0.15) is 0 Å². The highest BCUT2D eigenvalue weighted by molar-refractivity contribution is 9.10. The fraction of sp³-hybridized carbons (Fsp3) is 0.348. The average Bonchev–Trinajstić information content (AvgIpc) is 3.29. The highest BCUT2D eigenvalue weighted by Crippen LogP contribution is 2.28. The van der Waals surface area contributed by atoms with Crippen molar-refractivity contribution in [2.24, 2.45) is 0 Å². The van der Waals surface area contributed by atoms with Crippen molar-refractivity contribution in [2.45, 2.75) is 50.0 Å². The number of halogens is 1. The summed E-state index contributed by atoms with van der Waals surface area (Å²) in [6.07, 6.45) is 5.03. The van der Waals surface area contributed by atoms with Crippen LogP contribution in [0, 0.1) is 0 Å². The minimum absolute atomic E-state index is 0.0358. The first kappa shape index (κ1) is 23.6. The lowest BCUT2D eigenvalue weighted by atomic mass is 9.95. The van der Waals surface area contributed by atoms with Crippen molar-refractivity contribution in [3.8, 4) is 11.5 Å². The second-order valence-corrected chi connectivity index (χ2v) is 10.7. The van der Waals surface area contributed by atoms with Gasteiger partial charge in [0.15, 0.2) is 0 Å². The van der Waals surface area contributed by atoms with Crippen molar-refractivity contribution in [1.29, 1.82) is 0 Å². The van der Waals surface area contributed by atoms with E-state index >= 15 is 0 Å². The van der Waals surface area contributed by atoms with E-state index in [1.165, 1.54) is 24.3 Å². The predicted molar refractivity (Wildman–Crippen MR) is 128 cm³/mol. The normalized spacial score (nSPS) is 15.0. The van der Waals surface area contributed by atoms with Gasteiger partial charge in [0.2, 0.25) is 15.9 Å². The summed E-state index contributed by atoms with van der Waals surface area (Å²) in [7, 11) is -3.63. The predicted octanol–water partition coefficient (Wildman–Crippen LogP) is 5.09. The zero-order valence-corrected chi connectivity index (χ0v) is 20.6. The van der Waals surface area contributed by atoms with Crippen molar-refractivity contribution in [3.63, 3.8) is 0 Å². The van der Waals surface area contributed by atoms with Crippen LogP contribution in [0.2, 0.25) is 0 Å². The third-order valence-corrected chi connectivity index (χ3v) is 8.27. The Morgan fingerprint density at radius 3 is 2.52 bits per heavy atom. The van der Waals surface area contributed by atoms with Gasteiger partial charge in [-0.2, -0.15) is 4.31 Å². The zero-order valence-electron chi connectivity index (χ0n) is 18.2. The third-order valence-electron chi connectivity index (χ3n) is 5.73. The van der Waals surface area contributed by atoms with Gasteiger partial charge in [-0.3, -0.25) is 10.1 Å². The molecule has 1 fully saturated rings. The maximum atomic E-state index is 13.2. The number of nitrogens with zero attached hydrogens (tertiary/aromatic N) is 3. The van der Waals surface area contributed by atoms with Gasteiger partial charge in [0.05, 0.1) is 4.90 Å². The molecule has 1 amide bonds. The molecule has 0 aliphatic heterocycles. The minimum Gasteiger partial charge on any atom is -0.403 e. The van der Waals surface area contributed by atoms with Crippen LogP contribution in [0.4, 0.5) is 6.01 Å². The van der Waals surface area contributed by atoms with E-state index in [4.69, 9.17) is 4.42 Å². The van der Waals surface area contributed by atoms with Crippen LogP contribution < -0.4 is 5.32 Å². The summed E-state index contributed by atoms with van der Waals surface area (Å²) in [5.41, 5.74) is 1.00. The molecule has 0 bridgehead atoms. The van der Waals surface area contributed by atoms with Crippen LogP contribution in [0.25, 0.3) is 11.5 Å². The number of hydrogen-bond donors (Lipinski definition) is 1. The van der Waals surface area contributed by atoms with E-state index in [-0.39, 0.29) is 28.4 Å². The molecule has 0 radical (unpaired) electrons. The van der Waals surface area contributed by atoms with Crippen LogP contribution in [0.5, 0.6) is 0 Å². The van der Waals surface area contributed by atoms with Crippen molar-refractivity contribution in [2.75, 3.05) is 11.9 Å². The summed E-state index contributed by atoms with van der Waals surface area (Å²) in [6.45, 7) is 2.29. The van der Waals surface area contributed by atoms with Gasteiger partial charge in [-0.15, -0.1) is 5.10 Å². The van der Waals surface area contributed by atoms with Gasteiger partial charge in [0.25, 0.3) is 5.91 Å². The van der Waals surface area contributed by atoms with Crippen LogP contribution in [0.1, 0.15) is 49.4 Å². The summed E-state index contributed by atoms with van der Waals surface area (Å²) >= 11 is 3.39. The number of aromatic nitrogens is 2. The van der Waals surface area contributed by atoms with E-state index < -0.39 is 15.9 Å². The molecule has 2 aromatic carbocycles. The highest BCUT2D eigenvalue weighted by atomic mass is 79.9. The summed E-state index contributed by atoms with van der Waals surface area (Å²) in [5.74, 6) is -0.196. The molecule has 8 nitrogen and oxygen atoms in total. The quantitative estimate of drug-likeness (QED) is 0.454. The minimum atomic E-state index is -3.63. The van der Waals surface area contributed by atoms with Crippen molar-refractivity contribution in [3.05, 3.63) is 58.6 Å². The Balaban J connectivity index is 1.46. The van der Waals surface area contributed by atoms with Crippen LogP contribution >= 0.6 is 15.9 Å². The van der Waals surface area contributed by atoms with E-state index in [9.17, 15) is 13.2 Å². The fourth-order valence-corrected chi connectivity index (χ4v) is 6.18. The van der Waals surface area contributed by atoms with Crippen LogP contribution in [-0.4, -0.2) is 41.4 Å². The fourth-order valence-electron chi connectivity index (χ4n) is 4.09. The lowest BCUT2D eigenvalue weighted by molar-refractivity contribution is 0.102. The number of rotatable bonds is 7. The number of anilines is 1. The molecule has 0 spiro atoms. The first-order chi connectivity index (χ1) is 15.9. The topological polar surface area (TPSA) is 105 Å². The third kappa shape index (κ3) is 5.34. The molecule has 1 heterocycles. The van der Waals surface area contributed by atoms with Gasteiger partial charge in [-0.1, -0.05) is 53.3 Å². The Hall–Kier alpha value is -2.56. The Bertz CT molecular complexity index is 1220. The average molecular weight is 533 g/mol. The van der Waals surface area contributed by atoms with Crippen molar-refractivity contribution in [1.82, 2.24) is 14.5 Å². The Morgan fingerprint density at radius 2 is 1.85 bits per heavy atom. The van der Waals surface area contributed by atoms with E-state index in [0.29, 0.717) is 12.1 Å². The van der Waals surface area contributed by atoms with Crippen LogP contribution in [0.3, 0.4) is 0 Å². The molecule has 0 unspecified atom stereocenters. The van der Waals surface area contributed by atoms with E-state index in [1.54, 1.807) is 4.31 Å². The molecule has 1 aliphatic rings. The number of amides is 1. The second-order valence-electron chi connectivity index (χ2n) is 7.90. The monoisotopic (exact) mass is 532 g/mol. The molecule has 33 heavy (non-hydrogen) atoms. The number of sulfonamides is 1. The SMILES string of the molecule is CCN(C1CCCCC1)S(=O)(=O)c1ccc(C(=O)Nc2nnc(-c3cccc(Br)c3)o2)cc1. The molecule has 0 saturated heterocycles. The molecular formula is C23H25BrN4O4S. The van der Waals surface area contributed by atoms with Gasteiger partial charge in [-0.05, 0) is 55.3 Å². The molecule has 174 valence electrons. The Labute approximate surface area is 201 Å². The number of carbonyl (C=O) groups is 1. The summed E-state index contributed by atoms with van der Waals surface area (Å²) in [6, 6.07) is 13.3. The summed E-state index contributed by atoms with van der Waals surface area (Å²) in [4.78, 5) is 12.8. The Kier molecular flexibility index (Phi) is 7.26. The number of benzene rings is 2. The molecule has 1 aliphatic carbocycles. The first-order valence-electron chi connectivity index (χ1n) is 10.9. The van der Waals surface area contributed by atoms with E-state index in [1.807, 2.05) is 31.2 Å². The molecule has 4 rings (SSSR count). The number of nitrogens with one attached hydrogen (secondary N) is 1. The summed E-state index contributed by atoms with van der Waals surface area (Å²) in [5, 5.41) is 10.4.